The Morgan fingerprint density at radius 1 is 1.30 bits per heavy atom. The fraction of sp³-hybridized carbons (Fsp3) is 0.250. The highest BCUT2D eigenvalue weighted by molar-refractivity contribution is 5.53. The molecule has 0 saturated heterocycles. The van der Waals surface area contributed by atoms with Crippen LogP contribution in [0.3, 0.4) is 0 Å². The third-order valence-corrected chi connectivity index (χ3v) is 3.37. The Morgan fingerprint density at radius 3 is 2.91 bits per heavy atom. The van der Waals surface area contributed by atoms with Gasteiger partial charge >= 0.3 is 0 Å². The molecular formula is C16H16F2N4O. The van der Waals surface area contributed by atoms with E-state index in [-0.39, 0.29) is 11.9 Å². The summed E-state index contributed by atoms with van der Waals surface area (Å²) in [4.78, 5) is 4.28. The summed E-state index contributed by atoms with van der Waals surface area (Å²) < 4.78 is 33.3. The third kappa shape index (κ3) is 3.81. The summed E-state index contributed by atoms with van der Waals surface area (Å²) in [5, 5.41) is 7.45. The molecule has 0 amide bonds. The predicted molar refractivity (Wildman–Crippen MR) is 80.4 cm³/mol. The summed E-state index contributed by atoms with van der Waals surface area (Å²) in [6.45, 7) is 3.29. The van der Waals surface area contributed by atoms with Gasteiger partial charge in [-0.2, -0.15) is 5.10 Å². The summed E-state index contributed by atoms with van der Waals surface area (Å²) in [6.07, 6.45) is 5.14. The lowest BCUT2D eigenvalue weighted by Gasteiger charge is -2.12. The molecule has 1 atom stereocenters. The summed E-state index contributed by atoms with van der Waals surface area (Å²) in [7, 11) is 0. The number of rotatable bonds is 6. The van der Waals surface area contributed by atoms with Crippen LogP contribution in [0.25, 0.3) is 11.5 Å². The van der Waals surface area contributed by atoms with Crippen LogP contribution >= 0.6 is 0 Å². The van der Waals surface area contributed by atoms with Crippen molar-refractivity contribution in [1.29, 1.82) is 0 Å². The van der Waals surface area contributed by atoms with Gasteiger partial charge in [-0.1, -0.05) is 0 Å². The van der Waals surface area contributed by atoms with Crippen molar-refractivity contribution in [2.75, 3.05) is 0 Å². The molecule has 0 aliphatic rings. The van der Waals surface area contributed by atoms with Crippen LogP contribution in [0, 0.1) is 11.6 Å². The van der Waals surface area contributed by atoms with Crippen LogP contribution in [-0.4, -0.2) is 20.8 Å². The molecule has 0 unspecified atom stereocenters. The van der Waals surface area contributed by atoms with Gasteiger partial charge in [0.1, 0.15) is 6.26 Å². The Labute approximate surface area is 132 Å². The maximum Gasteiger partial charge on any atom is 0.226 e. The first kappa shape index (κ1) is 15.4. The average molecular weight is 318 g/mol. The summed E-state index contributed by atoms with van der Waals surface area (Å²) in [6, 6.07) is 5.62. The second kappa shape index (κ2) is 6.70. The zero-order chi connectivity index (χ0) is 16.2. The van der Waals surface area contributed by atoms with E-state index in [2.05, 4.69) is 15.4 Å². The maximum absolute atomic E-state index is 13.2. The molecule has 0 saturated carbocycles. The quantitative estimate of drug-likeness (QED) is 0.759. The van der Waals surface area contributed by atoms with E-state index in [1.807, 2.05) is 23.9 Å². The summed E-state index contributed by atoms with van der Waals surface area (Å²) in [5.74, 6) is -1.55. The monoisotopic (exact) mass is 318 g/mol. The maximum atomic E-state index is 13.2. The van der Waals surface area contributed by atoms with Gasteiger partial charge in [0, 0.05) is 30.5 Å². The first-order valence-corrected chi connectivity index (χ1v) is 7.22. The Balaban J connectivity index is 1.59. The van der Waals surface area contributed by atoms with E-state index in [9.17, 15) is 8.78 Å². The lowest BCUT2D eigenvalue weighted by Crippen LogP contribution is -2.30. The van der Waals surface area contributed by atoms with Gasteiger partial charge in [-0.15, -0.1) is 0 Å². The lowest BCUT2D eigenvalue weighted by molar-refractivity contribution is 0.448. The van der Waals surface area contributed by atoms with Crippen LogP contribution in [0.4, 0.5) is 8.78 Å². The minimum absolute atomic E-state index is 0.193. The summed E-state index contributed by atoms with van der Waals surface area (Å²) in [5.41, 5.74) is 1.09. The van der Waals surface area contributed by atoms with Crippen LogP contribution < -0.4 is 5.32 Å². The van der Waals surface area contributed by atoms with E-state index >= 15 is 0 Å². The van der Waals surface area contributed by atoms with Crippen molar-refractivity contribution in [2.24, 2.45) is 0 Å². The molecule has 0 fully saturated rings. The molecule has 23 heavy (non-hydrogen) atoms. The topological polar surface area (TPSA) is 55.9 Å². The van der Waals surface area contributed by atoms with E-state index in [1.165, 1.54) is 12.3 Å². The van der Waals surface area contributed by atoms with Crippen LogP contribution in [0.5, 0.6) is 0 Å². The molecule has 2 heterocycles. The Morgan fingerprint density at radius 2 is 2.17 bits per heavy atom. The molecule has 120 valence electrons. The SMILES string of the molecule is C[C@@H](Cn1cccn1)NCc1coc(-c2ccc(F)c(F)c2)n1. The number of oxazole rings is 1. The van der Waals surface area contributed by atoms with E-state index in [4.69, 9.17) is 4.42 Å². The van der Waals surface area contributed by atoms with Gasteiger partial charge in [0.15, 0.2) is 11.6 Å². The van der Waals surface area contributed by atoms with Crippen LogP contribution in [0.2, 0.25) is 0 Å². The normalized spacial score (nSPS) is 12.5. The zero-order valence-corrected chi connectivity index (χ0v) is 12.5. The average Bonchev–Trinajstić information content (AvgIpc) is 3.19. The Bertz CT molecular complexity index is 770. The largest absolute Gasteiger partial charge is 0.444 e. The first-order chi connectivity index (χ1) is 11.1. The molecule has 7 heteroatoms. The fourth-order valence-electron chi connectivity index (χ4n) is 2.18. The standard InChI is InChI=1S/C16H16F2N4O/c1-11(9-22-6-2-5-20-22)19-8-13-10-23-16(21-13)12-3-4-14(17)15(18)7-12/h2-7,10-11,19H,8-9H2,1H3/t11-/m0/s1. The van der Waals surface area contributed by atoms with Gasteiger partial charge in [-0.25, -0.2) is 13.8 Å². The lowest BCUT2D eigenvalue weighted by atomic mass is 10.2. The fourth-order valence-corrected chi connectivity index (χ4v) is 2.18. The minimum atomic E-state index is -0.923. The molecule has 3 aromatic rings. The third-order valence-electron chi connectivity index (χ3n) is 3.37. The van der Waals surface area contributed by atoms with Crippen molar-refractivity contribution in [2.45, 2.75) is 26.1 Å². The number of nitrogens with one attached hydrogen (secondary N) is 1. The molecule has 0 radical (unpaired) electrons. The van der Waals surface area contributed by atoms with Gasteiger partial charge in [0.2, 0.25) is 5.89 Å². The van der Waals surface area contributed by atoms with Crippen molar-refractivity contribution in [3.8, 4) is 11.5 Å². The van der Waals surface area contributed by atoms with E-state index < -0.39 is 11.6 Å². The number of hydrogen-bond acceptors (Lipinski definition) is 4. The van der Waals surface area contributed by atoms with Gasteiger partial charge in [-0.3, -0.25) is 4.68 Å². The van der Waals surface area contributed by atoms with Crippen LogP contribution in [0.15, 0.2) is 47.3 Å². The Hall–Kier alpha value is -2.54. The van der Waals surface area contributed by atoms with Crippen molar-refractivity contribution < 1.29 is 13.2 Å². The van der Waals surface area contributed by atoms with Gasteiger partial charge in [0.25, 0.3) is 0 Å². The second-order valence-electron chi connectivity index (χ2n) is 5.28. The second-order valence-corrected chi connectivity index (χ2v) is 5.28. The van der Waals surface area contributed by atoms with Gasteiger partial charge < -0.3 is 9.73 Å². The molecule has 0 aliphatic heterocycles. The molecule has 0 aliphatic carbocycles. The highest BCUT2D eigenvalue weighted by atomic mass is 19.2. The molecule has 0 spiro atoms. The molecule has 2 aromatic heterocycles. The molecule has 0 bridgehead atoms. The highest BCUT2D eigenvalue weighted by Crippen LogP contribution is 2.20. The smallest absolute Gasteiger partial charge is 0.226 e. The molecule has 1 N–H and O–H groups in total. The van der Waals surface area contributed by atoms with E-state index in [0.29, 0.717) is 17.8 Å². The first-order valence-electron chi connectivity index (χ1n) is 7.22. The number of benzene rings is 1. The summed E-state index contributed by atoms with van der Waals surface area (Å²) >= 11 is 0. The van der Waals surface area contributed by atoms with Crippen molar-refractivity contribution in [3.63, 3.8) is 0 Å². The molecular weight excluding hydrogens is 302 g/mol. The van der Waals surface area contributed by atoms with Gasteiger partial charge in [-0.05, 0) is 31.2 Å². The number of halogens is 2. The highest BCUT2D eigenvalue weighted by Gasteiger charge is 2.11. The van der Waals surface area contributed by atoms with E-state index in [1.54, 1.807) is 6.20 Å². The predicted octanol–water partition coefficient (Wildman–Crippen LogP) is 2.99. The van der Waals surface area contributed by atoms with Crippen LogP contribution in [-0.2, 0) is 13.1 Å². The number of aromatic nitrogens is 3. The van der Waals surface area contributed by atoms with Crippen molar-refractivity contribution >= 4 is 0 Å². The molecule has 5 nitrogen and oxygen atoms in total. The number of hydrogen-bond donors (Lipinski definition) is 1. The molecule has 3 rings (SSSR count). The number of nitrogens with zero attached hydrogens (tertiary/aromatic N) is 3. The van der Waals surface area contributed by atoms with Crippen LogP contribution in [0.1, 0.15) is 12.6 Å². The van der Waals surface area contributed by atoms with Crippen molar-refractivity contribution in [1.82, 2.24) is 20.1 Å². The van der Waals surface area contributed by atoms with E-state index in [0.717, 1.165) is 18.7 Å². The molecule has 1 aromatic carbocycles. The Kier molecular flexibility index (Phi) is 4.47. The van der Waals surface area contributed by atoms with Crippen molar-refractivity contribution in [3.05, 3.63) is 60.3 Å². The zero-order valence-electron chi connectivity index (χ0n) is 12.5. The van der Waals surface area contributed by atoms with Gasteiger partial charge in [0.05, 0.1) is 12.2 Å². The minimum Gasteiger partial charge on any atom is -0.444 e.